The Hall–Kier alpha value is -0.850. The largest absolute Gasteiger partial charge is 0.419 e. The van der Waals surface area contributed by atoms with Gasteiger partial charge in [0.05, 0.1) is 17.7 Å². The maximum atomic E-state index is 13.7. The van der Waals surface area contributed by atoms with Crippen molar-refractivity contribution >= 4 is 12.4 Å². The van der Waals surface area contributed by atoms with Gasteiger partial charge in [-0.2, -0.15) is 13.2 Å². The molecule has 2 nitrogen and oxygen atoms in total. The molecule has 1 aromatic carbocycles. The van der Waals surface area contributed by atoms with Gasteiger partial charge in [-0.05, 0) is 12.0 Å². The van der Waals surface area contributed by atoms with E-state index in [0.717, 1.165) is 12.1 Å². The molecule has 19 heavy (non-hydrogen) atoms. The molecule has 0 aliphatic carbocycles. The summed E-state index contributed by atoms with van der Waals surface area (Å²) < 4.78 is 51.3. The minimum absolute atomic E-state index is 0. The number of hydrogen-bond donors (Lipinski definition) is 2. The zero-order valence-corrected chi connectivity index (χ0v) is 11.2. The van der Waals surface area contributed by atoms with Gasteiger partial charge in [-0.3, -0.25) is 0 Å². The van der Waals surface area contributed by atoms with Gasteiger partial charge in [-0.1, -0.05) is 26.0 Å². The maximum absolute atomic E-state index is 13.7. The molecule has 3 N–H and O–H groups in total. The lowest BCUT2D eigenvalue weighted by atomic mass is 9.93. The zero-order valence-electron chi connectivity index (χ0n) is 10.4. The maximum Gasteiger partial charge on any atom is 0.419 e. The SMILES string of the molecule is CC(C)[C@H](O)[C@H](N)c1cccc(C(F)(F)F)c1F.Cl. The Labute approximate surface area is 115 Å². The summed E-state index contributed by atoms with van der Waals surface area (Å²) in [5, 5.41) is 9.69. The van der Waals surface area contributed by atoms with Gasteiger partial charge in [0.1, 0.15) is 5.82 Å². The first-order valence-electron chi connectivity index (χ1n) is 5.45. The predicted molar refractivity (Wildman–Crippen MR) is 66.4 cm³/mol. The molecule has 0 aromatic heterocycles. The molecule has 0 fully saturated rings. The molecule has 0 saturated heterocycles. The van der Waals surface area contributed by atoms with Crippen LogP contribution in [0.1, 0.15) is 31.0 Å². The van der Waals surface area contributed by atoms with E-state index in [1.54, 1.807) is 13.8 Å². The molecule has 0 amide bonds. The fraction of sp³-hybridized carbons (Fsp3) is 0.500. The van der Waals surface area contributed by atoms with E-state index >= 15 is 0 Å². The Morgan fingerprint density at radius 3 is 2.16 bits per heavy atom. The highest BCUT2D eigenvalue weighted by Gasteiger charge is 2.36. The minimum Gasteiger partial charge on any atom is -0.391 e. The Morgan fingerprint density at radius 1 is 1.21 bits per heavy atom. The monoisotopic (exact) mass is 301 g/mol. The molecule has 0 spiro atoms. The third kappa shape index (κ3) is 4.06. The van der Waals surface area contributed by atoms with Crippen molar-refractivity contribution in [2.75, 3.05) is 0 Å². The molecule has 7 heteroatoms. The van der Waals surface area contributed by atoms with Crippen LogP contribution in [0.15, 0.2) is 18.2 Å². The topological polar surface area (TPSA) is 46.2 Å². The molecule has 0 unspecified atom stereocenters. The van der Waals surface area contributed by atoms with Crippen molar-refractivity contribution in [1.29, 1.82) is 0 Å². The van der Waals surface area contributed by atoms with E-state index in [1.165, 1.54) is 0 Å². The van der Waals surface area contributed by atoms with Gasteiger partial charge in [0.15, 0.2) is 0 Å². The van der Waals surface area contributed by atoms with E-state index in [1.807, 2.05) is 0 Å². The summed E-state index contributed by atoms with van der Waals surface area (Å²) in [5.41, 5.74) is 3.90. The standard InChI is InChI=1S/C12H15F4NO.ClH/c1-6(2)11(18)10(17)7-4-3-5-8(9(7)13)12(14,15)16;/h3-6,10-11,18H,17H2,1-2H3;1H/t10-,11+;/m1./s1. The van der Waals surface area contributed by atoms with Gasteiger partial charge in [-0.15, -0.1) is 12.4 Å². The van der Waals surface area contributed by atoms with Crippen LogP contribution in [0, 0.1) is 11.7 Å². The molecule has 0 heterocycles. The number of rotatable bonds is 3. The molecule has 1 aromatic rings. The summed E-state index contributed by atoms with van der Waals surface area (Å²) in [6, 6.07) is 1.69. The molecule has 2 atom stereocenters. The lowest BCUT2D eigenvalue weighted by Gasteiger charge is -2.23. The van der Waals surface area contributed by atoms with E-state index in [2.05, 4.69) is 0 Å². The van der Waals surface area contributed by atoms with Gasteiger partial charge in [-0.25, -0.2) is 4.39 Å². The van der Waals surface area contributed by atoms with Crippen molar-refractivity contribution < 1.29 is 22.7 Å². The van der Waals surface area contributed by atoms with Crippen molar-refractivity contribution in [1.82, 2.24) is 0 Å². The number of benzene rings is 1. The highest BCUT2D eigenvalue weighted by Crippen LogP contribution is 2.34. The molecular formula is C12H16ClF4NO. The number of nitrogens with two attached hydrogens (primary N) is 1. The van der Waals surface area contributed by atoms with Gasteiger partial charge in [0, 0.05) is 5.56 Å². The van der Waals surface area contributed by atoms with Crippen LogP contribution in [0.2, 0.25) is 0 Å². The highest BCUT2D eigenvalue weighted by atomic mass is 35.5. The summed E-state index contributed by atoms with van der Waals surface area (Å²) in [4.78, 5) is 0. The van der Waals surface area contributed by atoms with Crippen LogP contribution < -0.4 is 5.73 Å². The van der Waals surface area contributed by atoms with Crippen LogP contribution in [-0.4, -0.2) is 11.2 Å². The average molecular weight is 302 g/mol. The van der Waals surface area contributed by atoms with Crippen molar-refractivity contribution in [2.24, 2.45) is 11.7 Å². The van der Waals surface area contributed by atoms with Crippen LogP contribution in [0.5, 0.6) is 0 Å². The summed E-state index contributed by atoms with van der Waals surface area (Å²) in [6.45, 7) is 3.30. The van der Waals surface area contributed by atoms with Gasteiger partial charge >= 0.3 is 6.18 Å². The second-order valence-electron chi connectivity index (χ2n) is 4.47. The Bertz CT molecular complexity index is 423. The Kier molecular flexibility index (Phi) is 6.25. The summed E-state index contributed by atoms with van der Waals surface area (Å²) in [6.07, 6.45) is -5.88. The zero-order chi connectivity index (χ0) is 14.1. The number of aliphatic hydroxyl groups is 1. The quantitative estimate of drug-likeness (QED) is 0.842. The number of hydrogen-bond acceptors (Lipinski definition) is 2. The van der Waals surface area contributed by atoms with Crippen LogP contribution in [0.25, 0.3) is 0 Å². The lowest BCUT2D eigenvalue weighted by molar-refractivity contribution is -0.140. The smallest absolute Gasteiger partial charge is 0.391 e. The molecule has 0 saturated carbocycles. The summed E-state index contributed by atoms with van der Waals surface area (Å²) >= 11 is 0. The first kappa shape index (κ1) is 18.1. The third-order valence-electron chi connectivity index (χ3n) is 2.74. The average Bonchev–Trinajstić information content (AvgIpc) is 2.25. The summed E-state index contributed by atoms with van der Waals surface area (Å²) in [7, 11) is 0. The molecule has 0 radical (unpaired) electrons. The molecule has 0 bridgehead atoms. The Morgan fingerprint density at radius 2 is 1.74 bits per heavy atom. The number of aliphatic hydroxyl groups excluding tert-OH is 1. The summed E-state index contributed by atoms with van der Waals surface area (Å²) in [5.74, 6) is -1.70. The second-order valence-corrected chi connectivity index (χ2v) is 4.47. The second kappa shape index (κ2) is 6.54. The fourth-order valence-electron chi connectivity index (χ4n) is 1.62. The first-order chi connectivity index (χ1) is 8.16. The normalized spacial score (nSPS) is 15.0. The molecule has 0 aliphatic rings. The third-order valence-corrected chi connectivity index (χ3v) is 2.74. The van der Waals surface area contributed by atoms with Crippen LogP contribution in [0.4, 0.5) is 17.6 Å². The fourth-order valence-corrected chi connectivity index (χ4v) is 1.62. The van der Waals surface area contributed by atoms with Crippen molar-refractivity contribution in [3.05, 3.63) is 35.1 Å². The molecular weight excluding hydrogens is 286 g/mol. The number of alkyl halides is 3. The van der Waals surface area contributed by atoms with E-state index in [0.29, 0.717) is 6.07 Å². The first-order valence-corrected chi connectivity index (χ1v) is 5.45. The molecule has 1 rings (SSSR count). The van der Waals surface area contributed by atoms with Crippen LogP contribution in [-0.2, 0) is 6.18 Å². The van der Waals surface area contributed by atoms with Gasteiger partial charge in [0.2, 0.25) is 0 Å². The lowest BCUT2D eigenvalue weighted by Crippen LogP contribution is -2.31. The number of halogens is 5. The van der Waals surface area contributed by atoms with E-state index in [4.69, 9.17) is 5.73 Å². The van der Waals surface area contributed by atoms with E-state index in [9.17, 15) is 22.7 Å². The van der Waals surface area contributed by atoms with Crippen molar-refractivity contribution in [3.8, 4) is 0 Å². The predicted octanol–water partition coefficient (Wildman–Crippen LogP) is 3.28. The van der Waals surface area contributed by atoms with E-state index < -0.39 is 29.7 Å². The highest BCUT2D eigenvalue weighted by molar-refractivity contribution is 5.85. The van der Waals surface area contributed by atoms with Crippen molar-refractivity contribution in [2.45, 2.75) is 32.2 Å². The van der Waals surface area contributed by atoms with Gasteiger partial charge in [0.25, 0.3) is 0 Å². The minimum atomic E-state index is -4.78. The molecule has 0 aliphatic heterocycles. The van der Waals surface area contributed by atoms with E-state index in [-0.39, 0.29) is 23.9 Å². The Balaban J connectivity index is 0.00000324. The van der Waals surface area contributed by atoms with Crippen molar-refractivity contribution in [3.63, 3.8) is 0 Å². The van der Waals surface area contributed by atoms with Crippen LogP contribution in [0.3, 0.4) is 0 Å². The molecule has 110 valence electrons. The van der Waals surface area contributed by atoms with Crippen LogP contribution >= 0.6 is 12.4 Å². The van der Waals surface area contributed by atoms with Gasteiger partial charge < -0.3 is 10.8 Å².